The summed E-state index contributed by atoms with van der Waals surface area (Å²) in [5.41, 5.74) is 2.00. The Bertz CT molecular complexity index is 356. The van der Waals surface area contributed by atoms with Crippen molar-refractivity contribution in [3.63, 3.8) is 0 Å². The quantitative estimate of drug-likeness (QED) is 0.719. The fourth-order valence-electron chi connectivity index (χ4n) is 1.28. The van der Waals surface area contributed by atoms with Gasteiger partial charge in [0.05, 0.1) is 12.3 Å². The number of nitrogens with zero attached hydrogens (tertiary/aromatic N) is 1. The lowest BCUT2D eigenvalue weighted by molar-refractivity contribution is 0.233. The minimum Gasteiger partial charge on any atom is -0.450 e. The molecule has 2 rings (SSSR count). The summed E-state index contributed by atoms with van der Waals surface area (Å²) >= 11 is 0. The first-order valence-corrected chi connectivity index (χ1v) is 5.69. The molecule has 1 aliphatic rings. The van der Waals surface area contributed by atoms with Gasteiger partial charge in [0.1, 0.15) is 6.26 Å². The summed E-state index contributed by atoms with van der Waals surface area (Å²) in [4.78, 5) is 4.23. The second-order valence-corrected chi connectivity index (χ2v) is 4.32. The molecule has 0 spiro atoms. The average molecular weight is 222 g/mol. The molecular formula is C12H18N2O2. The van der Waals surface area contributed by atoms with Crippen LogP contribution in [0.25, 0.3) is 0 Å². The average Bonchev–Trinajstić information content (AvgIpc) is 2.96. The highest BCUT2D eigenvalue weighted by Gasteiger charge is 2.20. The molecule has 1 N–H and O–H groups in total. The molecule has 0 amide bonds. The van der Waals surface area contributed by atoms with Gasteiger partial charge in [-0.25, -0.2) is 0 Å². The maximum Gasteiger partial charge on any atom is 0.393 e. The number of aromatic nitrogens is 1. The van der Waals surface area contributed by atoms with Crippen LogP contribution in [0.4, 0.5) is 0 Å². The Labute approximate surface area is 95.7 Å². The van der Waals surface area contributed by atoms with Crippen molar-refractivity contribution >= 4 is 0 Å². The summed E-state index contributed by atoms with van der Waals surface area (Å²) in [5.74, 6) is 0. The lowest BCUT2D eigenvalue weighted by Crippen LogP contribution is -2.15. The van der Waals surface area contributed by atoms with Gasteiger partial charge in [-0.2, -0.15) is 4.98 Å². The molecule has 0 aliphatic heterocycles. The molecule has 88 valence electrons. The van der Waals surface area contributed by atoms with Gasteiger partial charge in [0.2, 0.25) is 0 Å². The van der Waals surface area contributed by atoms with E-state index in [2.05, 4.69) is 16.9 Å². The minimum absolute atomic E-state index is 0.355. The lowest BCUT2D eigenvalue weighted by Gasteiger charge is -1.99. The van der Waals surface area contributed by atoms with Crippen molar-refractivity contribution in [3.8, 4) is 6.08 Å². The van der Waals surface area contributed by atoms with Crippen LogP contribution in [-0.4, -0.2) is 17.6 Å². The van der Waals surface area contributed by atoms with Gasteiger partial charge in [-0.3, -0.25) is 0 Å². The van der Waals surface area contributed by atoms with E-state index in [4.69, 9.17) is 9.15 Å². The normalized spacial score (nSPS) is 15.1. The first kappa shape index (κ1) is 11.2. The number of rotatable bonds is 7. The molecule has 0 bridgehead atoms. The zero-order valence-corrected chi connectivity index (χ0v) is 9.66. The van der Waals surface area contributed by atoms with Gasteiger partial charge in [0.25, 0.3) is 0 Å². The van der Waals surface area contributed by atoms with Crippen LogP contribution in [0.3, 0.4) is 0 Å². The van der Waals surface area contributed by atoms with Crippen LogP contribution in [0.2, 0.25) is 0 Å². The van der Waals surface area contributed by atoms with Crippen molar-refractivity contribution in [1.82, 2.24) is 10.3 Å². The van der Waals surface area contributed by atoms with Gasteiger partial charge in [-0.05, 0) is 19.8 Å². The van der Waals surface area contributed by atoms with Crippen LogP contribution in [0.5, 0.6) is 6.08 Å². The summed E-state index contributed by atoms with van der Waals surface area (Å²) in [5, 5.41) is 3.37. The van der Waals surface area contributed by atoms with E-state index in [1.807, 2.05) is 6.92 Å². The van der Waals surface area contributed by atoms with Crippen LogP contribution in [0.1, 0.15) is 31.9 Å². The maximum atomic E-state index is 5.35. The molecule has 0 radical (unpaired) electrons. The van der Waals surface area contributed by atoms with Crippen molar-refractivity contribution in [1.29, 1.82) is 0 Å². The van der Waals surface area contributed by atoms with E-state index in [0.717, 1.165) is 24.2 Å². The highest BCUT2D eigenvalue weighted by Crippen LogP contribution is 2.19. The lowest BCUT2D eigenvalue weighted by atomic mass is 10.3. The van der Waals surface area contributed by atoms with Crippen LogP contribution in [0.15, 0.2) is 22.8 Å². The second-order valence-electron chi connectivity index (χ2n) is 4.32. The highest BCUT2D eigenvalue weighted by molar-refractivity contribution is 5.01. The third kappa shape index (κ3) is 3.70. The predicted octanol–water partition coefficient (Wildman–Crippen LogP) is 2.27. The van der Waals surface area contributed by atoms with Crippen molar-refractivity contribution in [2.45, 2.75) is 38.8 Å². The zero-order chi connectivity index (χ0) is 11.4. The Morgan fingerprint density at radius 2 is 2.50 bits per heavy atom. The van der Waals surface area contributed by atoms with Crippen LogP contribution in [-0.2, 0) is 6.54 Å². The van der Waals surface area contributed by atoms with E-state index in [1.165, 1.54) is 12.8 Å². The number of ether oxygens (including phenoxy) is 1. The van der Waals surface area contributed by atoms with Crippen molar-refractivity contribution in [2.75, 3.05) is 6.61 Å². The van der Waals surface area contributed by atoms with Gasteiger partial charge in [-0.15, -0.1) is 6.58 Å². The molecule has 0 aromatic carbocycles. The van der Waals surface area contributed by atoms with Crippen molar-refractivity contribution in [3.05, 3.63) is 24.1 Å². The molecule has 0 saturated heterocycles. The van der Waals surface area contributed by atoms with E-state index >= 15 is 0 Å². The number of hydrogen-bond acceptors (Lipinski definition) is 4. The largest absolute Gasteiger partial charge is 0.450 e. The smallest absolute Gasteiger partial charge is 0.393 e. The number of oxazole rings is 1. The fourth-order valence-corrected chi connectivity index (χ4v) is 1.28. The van der Waals surface area contributed by atoms with E-state index < -0.39 is 0 Å². The Hall–Kier alpha value is -1.29. The summed E-state index contributed by atoms with van der Waals surface area (Å²) in [6.07, 6.45) is 5.39. The van der Waals surface area contributed by atoms with Crippen LogP contribution < -0.4 is 10.1 Å². The first-order valence-electron chi connectivity index (χ1n) is 5.69. The molecule has 4 nitrogen and oxygen atoms in total. The number of nitrogens with one attached hydrogen (secondary N) is 1. The standard InChI is InChI=1S/C12H18N2O2/c1-9(2)5-6-15-12-14-11(8-16-12)7-13-10-3-4-10/h8,10,13H,1,3-7H2,2H3. The van der Waals surface area contributed by atoms with Crippen molar-refractivity contribution in [2.24, 2.45) is 0 Å². The van der Waals surface area contributed by atoms with Crippen LogP contribution >= 0.6 is 0 Å². The van der Waals surface area contributed by atoms with E-state index in [-0.39, 0.29) is 0 Å². The minimum atomic E-state index is 0.355. The van der Waals surface area contributed by atoms with Crippen LogP contribution in [0, 0.1) is 0 Å². The number of hydrogen-bond donors (Lipinski definition) is 1. The fraction of sp³-hybridized carbons (Fsp3) is 0.583. The summed E-state index contributed by atoms with van der Waals surface area (Å²) < 4.78 is 10.5. The Morgan fingerprint density at radius 3 is 3.19 bits per heavy atom. The molecular weight excluding hydrogens is 204 g/mol. The summed E-state index contributed by atoms with van der Waals surface area (Å²) in [7, 11) is 0. The van der Waals surface area contributed by atoms with E-state index in [0.29, 0.717) is 18.7 Å². The third-order valence-corrected chi connectivity index (χ3v) is 2.43. The zero-order valence-electron chi connectivity index (χ0n) is 9.66. The van der Waals surface area contributed by atoms with E-state index in [1.54, 1.807) is 6.26 Å². The van der Waals surface area contributed by atoms with E-state index in [9.17, 15) is 0 Å². The van der Waals surface area contributed by atoms with Gasteiger partial charge in [0, 0.05) is 19.0 Å². The van der Waals surface area contributed by atoms with Gasteiger partial charge < -0.3 is 14.5 Å². The third-order valence-electron chi connectivity index (χ3n) is 2.43. The SMILES string of the molecule is C=C(C)CCOc1nc(CNC2CC2)co1. The second kappa shape index (κ2) is 5.16. The Morgan fingerprint density at radius 1 is 1.69 bits per heavy atom. The molecule has 16 heavy (non-hydrogen) atoms. The van der Waals surface area contributed by atoms with Gasteiger partial charge >= 0.3 is 6.08 Å². The molecule has 0 atom stereocenters. The van der Waals surface area contributed by atoms with Gasteiger partial charge in [-0.1, -0.05) is 5.57 Å². The Balaban J connectivity index is 1.70. The van der Waals surface area contributed by atoms with Crippen molar-refractivity contribution < 1.29 is 9.15 Å². The maximum absolute atomic E-state index is 5.35. The molecule has 1 aromatic heterocycles. The first-order chi connectivity index (χ1) is 7.74. The molecule has 1 fully saturated rings. The molecule has 4 heteroatoms. The molecule has 1 saturated carbocycles. The molecule has 1 aromatic rings. The summed E-state index contributed by atoms with van der Waals surface area (Å²) in [6, 6.07) is 0.685. The topological polar surface area (TPSA) is 47.3 Å². The predicted molar refractivity (Wildman–Crippen MR) is 61.3 cm³/mol. The summed E-state index contributed by atoms with van der Waals surface area (Å²) in [6.45, 7) is 7.12. The molecule has 0 unspecified atom stereocenters. The molecule has 1 aliphatic carbocycles. The highest BCUT2D eigenvalue weighted by atomic mass is 16.6. The molecule has 1 heterocycles. The van der Waals surface area contributed by atoms with Gasteiger partial charge in [0.15, 0.2) is 0 Å². The Kier molecular flexibility index (Phi) is 3.62. The monoisotopic (exact) mass is 222 g/mol.